The van der Waals surface area contributed by atoms with E-state index in [2.05, 4.69) is 10.0 Å². The average molecular weight is 410 g/mol. The van der Waals surface area contributed by atoms with Gasteiger partial charge in [0, 0.05) is 12.3 Å². The largest absolute Gasteiger partial charge is 0.482 e. The van der Waals surface area contributed by atoms with E-state index in [0.29, 0.717) is 17.0 Å². The van der Waals surface area contributed by atoms with Crippen molar-refractivity contribution in [2.75, 3.05) is 18.2 Å². The second kappa shape index (κ2) is 6.95. The van der Waals surface area contributed by atoms with Crippen molar-refractivity contribution in [3.05, 3.63) is 48.0 Å². The van der Waals surface area contributed by atoms with Crippen molar-refractivity contribution in [1.29, 1.82) is 0 Å². The number of carbonyl (C=O) groups excluding carboxylic acids is 1. The number of carbonyl (C=O) groups is 1. The van der Waals surface area contributed by atoms with Crippen molar-refractivity contribution in [3.63, 3.8) is 0 Å². The summed E-state index contributed by atoms with van der Waals surface area (Å²) in [7, 11) is -7.82. The van der Waals surface area contributed by atoms with Crippen LogP contribution in [0.25, 0.3) is 0 Å². The van der Waals surface area contributed by atoms with Gasteiger partial charge >= 0.3 is 0 Å². The molecule has 2 aromatic rings. The summed E-state index contributed by atoms with van der Waals surface area (Å²) in [5.74, 6) is 0.200. The standard InChI is InChI=1S/C17H18N2O6S2/c1-11(12-7-8-14-13(9-12)18-17(20)10-25-14)19-27(23,24)16-6-4-3-5-15(16)26(2,21)22/h3-9,11,19H,10H2,1-2H3,(H,18,20). The van der Waals surface area contributed by atoms with E-state index in [0.717, 1.165) is 6.26 Å². The number of nitrogens with one attached hydrogen (secondary N) is 2. The molecule has 1 atom stereocenters. The van der Waals surface area contributed by atoms with Crippen LogP contribution in [0.1, 0.15) is 18.5 Å². The number of sulfone groups is 1. The van der Waals surface area contributed by atoms with Crippen LogP contribution in [-0.2, 0) is 24.7 Å². The van der Waals surface area contributed by atoms with Gasteiger partial charge in [-0.1, -0.05) is 18.2 Å². The number of ether oxygens (including phenoxy) is 1. The van der Waals surface area contributed by atoms with Gasteiger partial charge in [-0.2, -0.15) is 0 Å². The van der Waals surface area contributed by atoms with Crippen LogP contribution >= 0.6 is 0 Å². The van der Waals surface area contributed by atoms with E-state index in [1.54, 1.807) is 25.1 Å². The lowest BCUT2D eigenvalue weighted by atomic mass is 10.1. The Labute approximate surface area is 157 Å². The van der Waals surface area contributed by atoms with E-state index in [1.165, 1.54) is 24.3 Å². The van der Waals surface area contributed by atoms with Crippen molar-refractivity contribution < 1.29 is 26.4 Å². The van der Waals surface area contributed by atoms with Gasteiger partial charge in [0.25, 0.3) is 5.91 Å². The summed E-state index contributed by atoms with van der Waals surface area (Å²) < 4.78 is 57.1. The summed E-state index contributed by atoms with van der Waals surface area (Å²) in [5.41, 5.74) is 1.03. The molecule has 1 amide bonds. The lowest BCUT2D eigenvalue weighted by Crippen LogP contribution is -2.29. The number of hydrogen-bond acceptors (Lipinski definition) is 6. The van der Waals surface area contributed by atoms with E-state index in [9.17, 15) is 21.6 Å². The van der Waals surface area contributed by atoms with Crippen LogP contribution < -0.4 is 14.8 Å². The summed E-state index contributed by atoms with van der Waals surface area (Å²) in [5, 5.41) is 2.66. The molecule has 0 spiro atoms. The summed E-state index contributed by atoms with van der Waals surface area (Å²) in [6.45, 7) is 1.55. The zero-order chi connectivity index (χ0) is 19.8. The lowest BCUT2D eigenvalue weighted by molar-refractivity contribution is -0.118. The third kappa shape index (κ3) is 4.12. The van der Waals surface area contributed by atoms with Gasteiger partial charge in [-0.15, -0.1) is 0 Å². The van der Waals surface area contributed by atoms with Crippen LogP contribution in [0.15, 0.2) is 52.3 Å². The monoisotopic (exact) mass is 410 g/mol. The Morgan fingerprint density at radius 3 is 2.41 bits per heavy atom. The molecular weight excluding hydrogens is 392 g/mol. The Hall–Kier alpha value is -2.43. The predicted molar refractivity (Wildman–Crippen MR) is 98.9 cm³/mol. The maximum Gasteiger partial charge on any atom is 0.262 e. The number of hydrogen-bond donors (Lipinski definition) is 2. The lowest BCUT2D eigenvalue weighted by Gasteiger charge is -2.21. The Kier molecular flexibility index (Phi) is 4.98. The molecule has 0 aromatic heterocycles. The highest BCUT2D eigenvalue weighted by atomic mass is 32.2. The molecule has 3 rings (SSSR count). The van der Waals surface area contributed by atoms with E-state index < -0.39 is 25.9 Å². The Bertz CT molecular complexity index is 1110. The molecule has 10 heteroatoms. The highest BCUT2D eigenvalue weighted by Gasteiger charge is 2.26. The summed E-state index contributed by atoms with van der Waals surface area (Å²) in [6, 6.07) is 9.66. The molecule has 27 heavy (non-hydrogen) atoms. The Morgan fingerprint density at radius 1 is 1.07 bits per heavy atom. The van der Waals surface area contributed by atoms with Crippen LogP contribution in [0.2, 0.25) is 0 Å². The first kappa shape index (κ1) is 19.3. The first-order valence-electron chi connectivity index (χ1n) is 7.96. The molecule has 0 saturated heterocycles. The molecule has 1 unspecified atom stereocenters. The van der Waals surface area contributed by atoms with E-state index >= 15 is 0 Å². The normalized spacial score (nSPS) is 15.4. The molecule has 0 radical (unpaired) electrons. The molecule has 0 fully saturated rings. The van der Waals surface area contributed by atoms with Gasteiger partial charge in [-0.05, 0) is 36.8 Å². The maximum absolute atomic E-state index is 12.8. The molecule has 2 aromatic carbocycles. The fourth-order valence-corrected chi connectivity index (χ4v) is 5.57. The molecule has 0 aliphatic carbocycles. The molecule has 0 saturated carbocycles. The van der Waals surface area contributed by atoms with E-state index in [1.807, 2.05) is 0 Å². The fraction of sp³-hybridized carbons (Fsp3) is 0.235. The molecule has 144 valence electrons. The predicted octanol–water partition coefficient (Wildman–Crippen LogP) is 1.46. The quantitative estimate of drug-likeness (QED) is 0.770. The molecule has 2 N–H and O–H groups in total. The first-order valence-corrected chi connectivity index (χ1v) is 11.3. The minimum absolute atomic E-state index is 0.0726. The van der Waals surface area contributed by atoms with Crippen molar-refractivity contribution in [1.82, 2.24) is 4.72 Å². The third-order valence-corrected chi connectivity index (χ3v) is 6.89. The van der Waals surface area contributed by atoms with Crippen molar-refractivity contribution in [2.24, 2.45) is 0 Å². The molecule has 8 nitrogen and oxygen atoms in total. The fourth-order valence-electron chi connectivity index (χ4n) is 2.71. The Morgan fingerprint density at radius 2 is 1.74 bits per heavy atom. The number of benzene rings is 2. The van der Waals surface area contributed by atoms with Gasteiger partial charge in [0.2, 0.25) is 10.0 Å². The van der Waals surface area contributed by atoms with Gasteiger partial charge in [-0.25, -0.2) is 21.6 Å². The van der Waals surface area contributed by atoms with E-state index in [4.69, 9.17) is 4.74 Å². The molecule has 1 aliphatic rings. The van der Waals surface area contributed by atoms with Crippen LogP contribution in [0.4, 0.5) is 5.69 Å². The van der Waals surface area contributed by atoms with Gasteiger partial charge in [-0.3, -0.25) is 4.79 Å². The van der Waals surface area contributed by atoms with Gasteiger partial charge in [0.1, 0.15) is 10.6 Å². The first-order chi connectivity index (χ1) is 12.6. The number of sulfonamides is 1. The van der Waals surface area contributed by atoms with Crippen LogP contribution in [0, 0.1) is 0 Å². The van der Waals surface area contributed by atoms with Gasteiger partial charge in [0.15, 0.2) is 16.4 Å². The van der Waals surface area contributed by atoms with Crippen molar-refractivity contribution >= 4 is 31.5 Å². The third-order valence-electron chi connectivity index (χ3n) is 4.01. The van der Waals surface area contributed by atoms with Crippen molar-refractivity contribution in [2.45, 2.75) is 22.8 Å². The van der Waals surface area contributed by atoms with Crippen LogP contribution in [0.5, 0.6) is 5.75 Å². The zero-order valence-electron chi connectivity index (χ0n) is 14.6. The van der Waals surface area contributed by atoms with Crippen LogP contribution in [0.3, 0.4) is 0 Å². The molecule has 0 bridgehead atoms. The summed E-state index contributed by atoms with van der Waals surface area (Å²) in [4.78, 5) is 10.9. The Balaban J connectivity index is 1.91. The number of rotatable bonds is 5. The number of amides is 1. The smallest absolute Gasteiger partial charge is 0.262 e. The topological polar surface area (TPSA) is 119 Å². The van der Waals surface area contributed by atoms with Crippen LogP contribution in [-0.4, -0.2) is 35.6 Å². The minimum atomic E-state index is -4.10. The number of fused-ring (bicyclic) bond motifs is 1. The minimum Gasteiger partial charge on any atom is -0.482 e. The zero-order valence-corrected chi connectivity index (χ0v) is 16.2. The van der Waals surface area contributed by atoms with Crippen molar-refractivity contribution in [3.8, 4) is 5.75 Å². The second-order valence-corrected chi connectivity index (χ2v) is 9.82. The highest BCUT2D eigenvalue weighted by molar-refractivity contribution is 7.93. The SMILES string of the molecule is CC(NS(=O)(=O)c1ccccc1S(C)(=O)=O)c1ccc2c(c1)NC(=O)CO2. The highest BCUT2D eigenvalue weighted by Crippen LogP contribution is 2.31. The second-order valence-electron chi connectivity index (χ2n) is 6.15. The molecule has 1 heterocycles. The van der Waals surface area contributed by atoms with Gasteiger partial charge < -0.3 is 10.1 Å². The number of anilines is 1. The summed E-state index contributed by atoms with van der Waals surface area (Å²) >= 11 is 0. The molecule has 1 aliphatic heterocycles. The van der Waals surface area contributed by atoms with E-state index in [-0.39, 0.29) is 22.3 Å². The summed E-state index contributed by atoms with van der Waals surface area (Å²) in [6.07, 6.45) is 0.955. The average Bonchev–Trinajstić information content (AvgIpc) is 2.60. The maximum atomic E-state index is 12.8. The van der Waals surface area contributed by atoms with Gasteiger partial charge in [0.05, 0.1) is 10.6 Å². The molecular formula is C17H18N2O6S2.